The number of aromatic amines is 1. The molecule has 0 amide bonds. The quantitative estimate of drug-likeness (QED) is 0.303. The Kier molecular flexibility index (Phi) is 9.48. The highest BCUT2D eigenvalue weighted by molar-refractivity contribution is 6.33. The van der Waals surface area contributed by atoms with E-state index in [0.29, 0.717) is 23.1 Å². The number of nitrogens with zero attached hydrogens (tertiary/aromatic N) is 3. The van der Waals surface area contributed by atoms with E-state index in [2.05, 4.69) is 32.6 Å². The van der Waals surface area contributed by atoms with Gasteiger partial charge in [-0.2, -0.15) is 15.2 Å². The number of aryl methyl sites for hydroxylation is 1. The first-order valence-electron chi connectivity index (χ1n) is 9.75. The number of nitrogens with one attached hydrogen (secondary N) is 2. The normalized spacial score (nSPS) is 11.1. The number of anilines is 1. The minimum atomic E-state index is -0.538. The summed E-state index contributed by atoms with van der Waals surface area (Å²) >= 11 is 6.30. The van der Waals surface area contributed by atoms with Crippen molar-refractivity contribution in [2.45, 2.75) is 58.8 Å². The van der Waals surface area contributed by atoms with Crippen LogP contribution in [0.3, 0.4) is 0 Å². The Morgan fingerprint density at radius 2 is 1.96 bits per heavy atom. The molecule has 0 aliphatic rings. The monoisotopic (exact) mass is 405 g/mol. The number of benzene rings is 1. The van der Waals surface area contributed by atoms with Gasteiger partial charge >= 0.3 is 5.69 Å². The molecule has 1 aromatic heterocycles. The van der Waals surface area contributed by atoms with Gasteiger partial charge in [-0.15, -0.1) is 0 Å². The van der Waals surface area contributed by atoms with Crippen molar-refractivity contribution >= 4 is 23.6 Å². The molecule has 1 heterocycles. The molecule has 0 atom stereocenters. The number of H-pyrrole nitrogens is 1. The number of hydrogen-bond donors (Lipinski definition) is 2. The zero-order chi connectivity index (χ0) is 20.2. The van der Waals surface area contributed by atoms with Crippen LogP contribution in [0.25, 0.3) is 0 Å². The number of aromatic nitrogens is 3. The van der Waals surface area contributed by atoms with Crippen molar-refractivity contribution in [3.05, 3.63) is 45.0 Å². The third-order valence-electron chi connectivity index (χ3n) is 4.24. The van der Waals surface area contributed by atoms with E-state index in [4.69, 9.17) is 16.3 Å². The van der Waals surface area contributed by atoms with Gasteiger partial charge in [-0.1, -0.05) is 57.0 Å². The number of hydrogen-bond acceptors (Lipinski definition) is 6. The fourth-order valence-corrected chi connectivity index (χ4v) is 2.83. The van der Waals surface area contributed by atoms with Crippen LogP contribution in [0.5, 0.6) is 5.75 Å². The highest BCUT2D eigenvalue weighted by atomic mass is 35.5. The van der Waals surface area contributed by atoms with E-state index >= 15 is 0 Å². The summed E-state index contributed by atoms with van der Waals surface area (Å²) in [5, 5.41) is 10.7. The number of rotatable bonds is 12. The number of hydrazone groups is 1. The van der Waals surface area contributed by atoms with Crippen LogP contribution >= 0.6 is 11.6 Å². The maximum atomic E-state index is 11.2. The average molecular weight is 406 g/mol. The Morgan fingerprint density at radius 1 is 1.21 bits per heavy atom. The van der Waals surface area contributed by atoms with E-state index < -0.39 is 5.69 Å². The molecule has 0 saturated heterocycles. The Hall–Kier alpha value is -2.41. The highest BCUT2D eigenvalue weighted by Gasteiger charge is 2.03. The summed E-state index contributed by atoms with van der Waals surface area (Å²) in [6.07, 6.45) is 10.3. The predicted molar refractivity (Wildman–Crippen MR) is 114 cm³/mol. The highest BCUT2D eigenvalue weighted by Crippen LogP contribution is 2.22. The first-order valence-corrected chi connectivity index (χ1v) is 10.1. The summed E-state index contributed by atoms with van der Waals surface area (Å²) in [5.41, 5.74) is 3.43. The zero-order valence-corrected chi connectivity index (χ0v) is 17.3. The minimum Gasteiger partial charge on any atom is -0.494 e. The minimum absolute atomic E-state index is 0.297. The van der Waals surface area contributed by atoms with Crippen LogP contribution in [0.2, 0.25) is 5.02 Å². The second kappa shape index (κ2) is 12.1. The maximum absolute atomic E-state index is 11.2. The molecule has 0 aliphatic carbocycles. The fourth-order valence-electron chi connectivity index (χ4n) is 2.61. The van der Waals surface area contributed by atoms with Gasteiger partial charge in [-0.05, 0) is 31.5 Å². The van der Waals surface area contributed by atoms with Gasteiger partial charge in [-0.25, -0.2) is 9.89 Å². The van der Waals surface area contributed by atoms with Gasteiger partial charge in [0.15, 0.2) is 5.82 Å². The second-order valence-corrected chi connectivity index (χ2v) is 7.00. The summed E-state index contributed by atoms with van der Waals surface area (Å²) in [5.74, 6) is 1.04. The molecule has 0 aliphatic heterocycles. The van der Waals surface area contributed by atoms with Gasteiger partial charge in [0, 0.05) is 5.56 Å². The number of halogens is 1. The second-order valence-electron chi connectivity index (χ2n) is 6.60. The third-order valence-corrected chi connectivity index (χ3v) is 4.57. The molecule has 28 heavy (non-hydrogen) atoms. The molecular formula is C20H28ClN5O2. The molecule has 0 bridgehead atoms. The van der Waals surface area contributed by atoms with Crippen molar-refractivity contribution < 1.29 is 4.74 Å². The van der Waals surface area contributed by atoms with Crippen LogP contribution in [-0.4, -0.2) is 28.0 Å². The van der Waals surface area contributed by atoms with E-state index in [9.17, 15) is 4.79 Å². The lowest BCUT2D eigenvalue weighted by atomic mass is 10.1. The van der Waals surface area contributed by atoms with Crippen LogP contribution in [0.1, 0.15) is 63.1 Å². The summed E-state index contributed by atoms with van der Waals surface area (Å²) in [6.45, 7) is 4.64. The van der Waals surface area contributed by atoms with Gasteiger partial charge in [0.1, 0.15) is 11.4 Å². The molecule has 0 fully saturated rings. The van der Waals surface area contributed by atoms with Crippen LogP contribution in [0, 0.1) is 6.92 Å². The fraction of sp³-hybridized carbons (Fsp3) is 0.500. The lowest BCUT2D eigenvalue weighted by Crippen LogP contribution is -2.15. The average Bonchev–Trinajstić information content (AvgIpc) is 2.68. The van der Waals surface area contributed by atoms with E-state index in [1.807, 2.05) is 12.1 Å². The summed E-state index contributed by atoms with van der Waals surface area (Å²) in [4.78, 5) is 15.0. The molecule has 0 spiro atoms. The Balaban J connectivity index is 1.77. The smallest absolute Gasteiger partial charge is 0.363 e. The summed E-state index contributed by atoms with van der Waals surface area (Å²) < 4.78 is 5.77. The Bertz CT molecular complexity index is 822. The Labute approximate surface area is 170 Å². The standard InChI is InChI=1S/C20H28ClN5O2/c1-3-4-5-6-7-8-9-12-28-17-11-10-16(18(21)13-17)14-22-25-19-15(2)24-26-20(27)23-19/h10-11,13-14H,3-9,12H2,1-2H3,(H2,23,25,26,27)/b22-14+. The lowest BCUT2D eigenvalue weighted by Gasteiger charge is -2.08. The van der Waals surface area contributed by atoms with Crippen molar-refractivity contribution in [2.24, 2.45) is 5.10 Å². The van der Waals surface area contributed by atoms with E-state index in [0.717, 1.165) is 17.7 Å². The summed E-state index contributed by atoms with van der Waals surface area (Å²) in [6, 6.07) is 5.49. The van der Waals surface area contributed by atoms with Crippen molar-refractivity contribution in [1.82, 2.24) is 15.2 Å². The molecular weight excluding hydrogens is 378 g/mol. The van der Waals surface area contributed by atoms with Crippen molar-refractivity contribution in [3.63, 3.8) is 0 Å². The van der Waals surface area contributed by atoms with Crippen molar-refractivity contribution in [3.8, 4) is 5.75 Å². The van der Waals surface area contributed by atoms with Crippen LogP contribution < -0.4 is 15.9 Å². The van der Waals surface area contributed by atoms with E-state index in [1.165, 1.54) is 38.5 Å². The SMILES string of the molecule is CCCCCCCCCOc1ccc(/C=N/Nc2nc(=O)[nH]nc2C)c(Cl)c1. The number of ether oxygens (including phenoxy) is 1. The zero-order valence-electron chi connectivity index (χ0n) is 16.5. The van der Waals surface area contributed by atoms with Crippen LogP contribution in [-0.2, 0) is 0 Å². The molecule has 2 N–H and O–H groups in total. The Morgan fingerprint density at radius 3 is 2.71 bits per heavy atom. The molecule has 7 nitrogen and oxygen atoms in total. The predicted octanol–water partition coefficient (Wildman–Crippen LogP) is 4.70. The molecule has 8 heteroatoms. The van der Waals surface area contributed by atoms with E-state index in [-0.39, 0.29) is 0 Å². The molecule has 152 valence electrons. The van der Waals surface area contributed by atoms with E-state index in [1.54, 1.807) is 19.2 Å². The molecule has 0 radical (unpaired) electrons. The van der Waals surface area contributed by atoms with Crippen LogP contribution in [0.15, 0.2) is 28.1 Å². The van der Waals surface area contributed by atoms with Crippen molar-refractivity contribution in [2.75, 3.05) is 12.0 Å². The van der Waals surface area contributed by atoms with Gasteiger partial charge in [0.2, 0.25) is 0 Å². The van der Waals surface area contributed by atoms with Crippen LogP contribution in [0.4, 0.5) is 5.82 Å². The molecule has 0 saturated carbocycles. The lowest BCUT2D eigenvalue weighted by molar-refractivity contribution is 0.304. The van der Waals surface area contributed by atoms with Gasteiger partial charge in [0.05, 0.1) is 17.8 Å². The maximum Gasteiger partial charge on any atom is 0.363 e. The molecule has 1 aromatic carbocycles. The molecule has 2 rings (SSSR count). The molecule has 2 aromatic rings. The van der Waals surface area contributed by atoms with Gasteiger partial charge in [0.25, 0.3) is 0 Å². The first kappa shape index (κ1) is 21.9. The third kappa shape index (κ3) is 7.68. The topological polar surface area (TPSA) is 92.3 Å². The molecule has 0 unspecified atom stereocenters. The number of unbranched alkanes of at least 4 members (excludes halogenated alkanes) is 6. The van der Waals surface area contributed by atoms with Gasteiger partial charge in [-0.3, -0.25) is 5.43 Å². The largest absolute Gasteiger partial charge is 0.494 e. The van der Waals surface area contributed by atoms with Crippen molar-refractivity contribution in [1.29, 1.82) is 0 Å². The first-order chi connectivity index (χ1) is 13.6. The van der Waals surface area contributed by atoms with Gasteiger partial charge < -0.3 is 4.74 Å². The summed E-state index contributed by atoms with van der Waals surface area (Å²) in [7, 11) is 0.